The van der Waals surface area contributed by atoms with Crippen LogP contribution in [0.25, 0.3) is 11.3 Å². The summed E-state index contributed by atoms with van der Waals surface area (Å²) in [5.41, 5.74) is 1.72. The van der Waals surface area contributed by atoms with Gasteiger partial charge in [0, 0.05) is 10.0 Å². The maximum atomic E-state index is 10.7. The van der Waals surface area contributed by atoms with Crippen molar-refractivity contribution in [2.24, 2.45) is 0 Å². The topological polar surface area (TPSA) is 43.1 Å². The van der Waals surface area contributed by atoms with E-state index >= 15 is 0 Å². The number of hydrogen-bond donors (Lipinski definition) is 0. The van der Waals surface area contributed by atoms with Crippen LogP contribution in [0, 0.1) is 0 Å². The van der Waals surface area contributed by atoms with Gasteiger partial charge in [-0.25, -0.2) is 0 Å². The molecule has 1 aromatic carbocycles. The first kappa shape index (κ1) is 10.4. The lowest BCUT2D eigenvalue weighted by molar-refractivity contribution is 0.112. The number of carbonyl (C=O) groups excluding carboxylic acids is 1. The third kappa shape index (κ3) is 1.96. The number of hydrogen-bond acceptors (Lipinski definition) is 3. The van der Waals surface area contributed by atoms with Crippen molar-refractivity contribution < 1.29 is 9.32 Å². The van der Waals surface area contributed by atoms with E-state index in [0.29, 0.717) is 22.6 Å². The molecule has 0 aliphatic rings. The molecule has 15 heavy (non-hydrogen) atoms. The lowest BCUT2D eigenvalue weighted by Gasteiger charge is -1.99. The van der Waals surface area contributed by atoms with Crippen LogP contribution in [0.1, 0.15) is 10.4 Å². The molecule has 0 saturated carbocycles. The molecular formula is C10H5BrClNO2. The molecule has 1 heterocycles. The monoisotopic (exact) mass is 285 g/mol. The second-order valence-electron chi connectivity index (χ2n) is 2.87. The van der Waals surface area contributed by atoms with Gasteiger partial charge in [-0.2, -0.15) is 0 Å². The number of rotatable bonds is 2. The molecule has 0 unspecified atom stereocenters. The van der Waals surface area contributed by atoms with Crippen LogP contribution in [0.15, 0.2) is 33.5 Å². The van der Waals surface area contributed by atoms with Gasteiger partial charge >= 0.3 is 0 Å². The van der Waals surface area contributed by atoms with Crippen LogP contribution >= 0.6 is 27.5 Å². The Kier molecular flexibility index (Phi) is 2.88. The normalized spacial score (nSPS) is 10.3. The van der Waals surface area contributed by atoms with Gasteiger partial charge in [0.1, 0.15) is 12.0 Å². The van der Waals surface area contributed by atoms with E-state index in [9.17, 15) is 4.79 Å². The fourth-order valence-electron chi connectivity index (χ4n) is 1.19. The Labute approximate surface area is 99.2 Å². The maximum Gasteiger partial charge on any atom is 0.155 e. The first-order chi connectivity index (χ1) is 7.22. The molecule has 5 heteroatoms. The van der Waals surface area contributed by atoms with E-state index in [-0.39, 0.29) is 0 Å². The summed E-state index contributed by atoms with van der Waals surface area (Å²) in [4.78, 5) is 10.7. The van der Waals surface area contributed by atoms with Gasteiger partial charge in [-0.1, -0.05) is 22.8 Å². The highest BCUT2D eigenvalue weighted by molar-refractivity contribution is 9.10. The second kappa shape index (κ2) is 4.16. The Morgan fingerprint density at radius 3 is 2.93 bits per heavy atom. The molecule has 1 aromatic heterocycles. The van der Waals surface area contributed by atoms with Crippen molar-refractivity contribution >= 4 is 33.8 Å². The van der Waals surface area contributed by atoms with Crippen molar-refractivity contribution in [3.05, 3.63) is 39.5 Å². The van der Waals surface area contributed by atoms with Crippen molar-refractivity contribution in [1.29, 1.82) is 0 Å². The van der Waals surface area contributed by atoms with Crippen LogP contribution < -0.4 is 0 Å². The SMILES string of the molecule is O=Cc1conc1-c1ccc(Cl)c(Br)c1. The molecule has 2 aromatic rings. The molecule has 0 spiro atoms. The Hall–Kier alpha value is -1.13. The number of aromatic nitrogens is 1. The van der Waals surface area contributed by atoms with Gasteiger partial charge in [-0.3, -0.25) is 4.79 Å². The Balaban J connectivity index is 2.54. The molecule has 0 bridgehead atoms. The Morgan fingerprint density at radius 2 is 2.27 bits per heavy atom. The van der Waals surface area contributed by atoms with Crippen LogP contribution in [0.2, 0.25) is 5.02 Å². The fraction of sp³-hybridized carbons (Fsp3) is 0. The van der Waals surface area contributed by atoms with Gasteiger partial charge in [-0.05, 0) is 28.1 Å². The maximum absolute atomic E-state index is 10.7. The van der Waals surface area contributed by atoms with Crippen molar-refractivity contribution in [3.8, 4) is 11.3 Å². The zero-order chi connectivity index (χ0) is 10.8. The number of nitrogens with zero attached hydrogens (tertiary/aromatic N) is 1. The van der Waals surface area contributed by atoms with Gasteiger partial charge in [0.05, 0.1) is 10.6 Å². The van der Waals surface area contributed by atoms with Gasteiger partial charge in [0.2, 0.25) is 0 Å². The van der Waals surface area contributed by atoms with Crippen LogP contribution in [-0.4, -0.2) is 11.4 Å². The summed E-state index contributed by atoms with van der Waals surface area (Å²) < 4.78 is 5.48. The average molecular weight is 287 g/mol. The molecule has 0 amide bonds. The standard InChI is InChI=1S/C10H5BrClNO2/c11-8-3-6(1-2-9(8)12)10-7(4-14)5-15-13-10/h1-5H. The van der Waals surface area contributed by atoms with Crippen molar-refractivity contribution in [2.75, 3.05) is 0 Å². The number of halogens is 2. The highest BCUT2D eigenvalue weighted by Crippen LogP contribution is 2.29. The van der Waals surface area contributed by atoms with E-state index in [0.717, 1.165) is 10.0 Å². The molecule has 0 saturated heterocycles. The van der Waals surface area contributed by atoms with Crippen molar-refractivity contribution in [2.45, 2.75) is 0 Å². The highest BCUT2D eigenvalue weighted by Gasteiger charge is 2.10. The summed E-state index contributed by atoms with van der Waals surface area (Å²) in [6.07, 6.45) is 2.01. The lowest BCUT2D eigenvalue weighted by Crippen LogP contribution is -1.84. The van der Waals surface area contributed by atoms with E-state index in [1.54, 1.807) is 18.2 Å². The predicted molar refractivity (Wildman–Crippen MR) is 60.0 cm³/mol. The smallest absolute Gasteiger partial charge is 0.155 e. The summed E-state index contributed by atoms with van der Waals surface area (Å²) in [7, 11) is 0. The summed E-state index contributed by atoms with van der Waals surface area (Å²) >= 11 is 9.15. The molecule has 3 nitrogen and oxygen atoms in total. The lowest BCUT2D eigenvalue weighted by atomic mass is 10.1. The third-order valence-corrected chi connectivity index (χ3v) is 3.13. The largest absolute Gasteiger partial charge is 0.363 e. The minimum atomic E-state index is 0.421. The van der Waals surface area contributed by atoms with E-state index in [4.69, 9.17) is 16.1 Å². The summed E-state index contributed by atoms with van der Waals surface area (Å²) in [6.45, 7) is 0. The van der Waals surface area contributed by atoms with Crippen LogP contribution in [-0.2, 0) is 0 Å². The van der Waals surface area contributed by atoms with E-state index in [1.807, 2.05) is 0 Å². The molecular weight excluding hydrogens is 281 g/mol. The fourth-order valence-corrected chi connectivity index (χ4v) is 1.69. The quantitative estimate of drug-likeness (QED) is 0.793. The third-order valence-electron chi connectivity index (χ3n) is 1.92. The second-order valence-corrected chi connectivity index (χ2v) is 4.13. The molecule has 0 radical (unpaired) electrons. The van der Waals surface area contributed by atoms with Gasteiger partial charge < -0.3 is 4.52 Å². The van der Waals surface area contributed by atoms with Gasteiger partial charge in [0.25, 0.3) is 0 Å². The summed E-state index contributed by atoms with van der Waals surface area (Å²) in [6, 6.07) is 5.29. The number of aldehydes is 1. The van der Waals surface area contributed by atoms with E-state index < -0.39 is 0 Å². The number of carbonyl (C=O) groups is 1. The molecule has 0 fully saturated rings. The zero-order valence-electron chi connectivity index (χ0n) is 7.41. The van der Waals surface area contributed by atoms with Crippen LogP contribution in [0.5, 0.6) is 0 Å². The van der Waals surface area contributed by atoms with Crippen molar-refractivity contribution in [1.82, 2.24) is 5.16 Å². The zero-order valence-corrected chi connectivity index (χ0v) is 9.75. The molecule has 76 valence electrons. The van der Waals surface area contributed by atoms with Crippen molar-refractivity contribution in [3.63, 3.8) is 0 Å². The molecule has 0 aliphatic carbocycles. The first-order valence-electron chi connectivity index (χ1n) is 4.07. The molecule has 0 aliphatic heterocycles. The van der Waals surface area contributed by atoms with Gasteiger partial charge in [0.15, 0.2) is 6.29 Å². The van der Waals surface area contributed by atoms with E-state index in [2.05, 4.69) is 21.1 Å². The Bertz CT molecular complexity index is 510. The molecule has 0 N–H and O–H groups in total. The average Bonchev–Trinajstić information content (AvgIpc) is 2.70. The molecule has 2 rings (SSSR count). The molecule has 0 atom stereocenters. The Morgan fingerprint density at radius 1 is 1.47 bits per heavy atom. The van der Waals surface area contributed by atoms with Crippen LogP contribution in [0.3, 0.4) is 0 Å². The number of benzene rings is 1. The van der Waals surface area contributed by atoms with E-state index in [1.165, 1.54) is 6.26 Å². The van der Waals surface area contributed by atoms with Gasteiger partial charge in [-0.15, -0.1) is 0 Å². The predicted octanol–water partition coefficient (Wildman–Crippen LogP) is 3.57. The summed E-state index contributed by atoms with van der Waals surface area (Å²) in [5.74, 6) is 0. The minimum absolute atomic E-state index is 0.421. The summed E-state index contributed by atoms with van der Waals surface area (Å²) in [5, 5.41) is 4.36. The highest BCUT2D eigenvalue weighted by atomic mass is 79.9. The first-order valence-corrected chi connectivity index (χ1v) is 5.24. The van der Waals surface area contributed by atoms with Crippen LogP contribution in [0.4, 0.5) is 0 Å². The minimum Gasteiger partial charge on any atom is -0.363 e.